The maximum Gasteiger partial charge on any atom is 0.160 e. The molecule has 0 unspecified atom stereocenters. The summed E-state index contributed by atoms with van der Waals surface area (Å²) in [5, 5.41) is 9.82. The molecule has 0 radical (unpaired) electrons. The molecule has 0 atom stereocenters. The van der Waals surface area contributed by atoms with Crippen LogP contribution in [0.1, 0.15) is 5.56 Å². The minimum Gasteiger partial charge on any atom is -0.235 e. The largest absolute Gasteiger partial charge is 0.235 e. The quantitative estimate of drug-likeness (QED) is 0.738. The summed E-state index contributed by atoms with van der Waals surface area (Å²) in [7, 11) is 0. The van der Waals surface area contributed by atoms with Gasteiger partial charge in [0.25, 0.3) is 0 Å². The zero-order valence-corrected chi connectivity index (χ0v) is 9.17. The summed E-state index contributed by atoms with van der Waals surface area (Å²) in [5.41, 5.74) is 0.899. The molecule has 3 nitrogen and oxygen atoms in total. The number of pyridine rings is 2. The molecule has 0 spiro atoms. The van der Waals surface area contributed by atoms with Gasteiger partial charge in [-0.25, -0.2) is 9.97 Å². The van der Waals surface area contributed by atoms with E-state index >= 15 is 0 Å². The second kappa shape index (κ2) is 3.52. The Labute approximate surface area is 93.5 Å². The fourth-order valence-corrected chi connectivity index (χ4v) is 1.66. The average Bonchev–Trinajstić information content (AvgIpc) is 2.20. The molecule has 2 aromatic rings. The van der Waals surface area contributed by atoms with Crippen LogP contribution in [0.4, 0.5) is 0 Å². The van der Waals surface area contributed by atoms with E-state index in [1.807, 2.05) is 6.07 Å². The van der Waals surface area contributed by atoms with E-state index in [0.717, 1.165) is 4.47 Å². The molecule has 68 valence electrons. The van der Waals surface area contributed by atoms with Crippen molar-refractivity contribution in [2.45, 2.75) is 0 Å². The van der Waals surface area contributed by atoms with Crippen LogP contribution in [0.15, 0.2) is 22.9 Å². The van der Waals surface area contributed by atoms with Crippen molar-refractivity contribution < 1.29 is 0 Å². The van der Waals surface area contributed by atoms with Crippen LogP contribution in [0.5, 0.6) is 0 Å². The maximum absolute atomic E-state index is 8.74. The Bertz CT molecular complexity index is 547. The lowest BCUT2D eigenvalue weighted by Gasteiger charge is -2.00. The highest BCUT2D eigenvalue weighted by Gasteiger charge is 2.07. The Hall–Kier alpha value is -1.18. The van der Waals surface area contributed by atoms with E-state index in [1.165, 1.54) is 6.20 Å². The van der Waals surface area contributed by atoms with Crippen molar-refractivity contribution in [3.8, 4) is 6.07 Å². The fourth-order valence-electron chi connectivity index (χ4n) is 1.10. The lowest BCUT2D eigenvalue weighted by molar-refractivity contribution is 1.27. The fraction of sp³-hybridized carbons (Fsp3) is 0. The molecule has 0 aliphatic rings. The second-order valence-electron chi connectivity index (χ2n) is 2.62. The molecule has 2 heterocycles. The lowest BCUT2D eigenvalue weighted by atomic mass is 10.2. The van der Waals surface area contributed by atoms with Crippen LogP contribution in [-0.4, -0.2) is 9.97 Å². The molecule has 14 heavy (non-hydrogen) atoms. The first-order valence-corrected chi connectivity index (χ1v) is 4.89. The third kappa shape index (κ3) is 1.45. The Balaban J connectivity index is 2.88. The SMILES string of the molecule is N#Cc1cnc2ncc(Br)cc2c1Cl. The number of fused-ring (bicyclic) bond motifs is 1. The Kier molecular flexibility index (Phi) is 2.36. The van der Waals surface area contributed by atoms with Crippen LogP contribution in [0.2, 0.25) is 5.02 Å². The van der Waals surface area contributed by atoms with E-state index in [0.29, 0.717) is 21.6 Å². The lowest BCUT2D eigenvalue weighted by Crippen LogP contribution is -1.87. The van der Waals surface area contributed by atoms with Crippen LogP contribution in [0.25, 0.3) is 11.0 Å². The molecular formula is C9H3BrClN3. The van der Waals surface area contributed by atoms with Crippen molar-refractivity contribution in [3.05, 3.63) is 33.5 Å². The van der Waals surface area contributed by atoms with Gasteiger partial charge < -0.3 is 0 Å². The summed E-state index contributed by atoms with van der Waals surface area (Å²) in [4.78, 5) is 8.08. The summed E-state index contributed by atoms with van der Waals surface area (Å²) in [6.45, 7) is 0. The standard InChI is InChI=1S/C9H3BrClN3/c10-6-1-7-8(11)5(2-12)3-13-9(7)14-4-6/h1,3-4H. The predicted molar refractivity (Wildman–Crippen MR) is 57.0 cm³/mol. The van der Waals surface area contributed by atoms with Crippen LogP contribution in [0, 0.1) is 11.3 Å². The Morgan fingerprint density at radius 2 is 2.07 bits per heavy atom. The molecular weight excluding hydrogens is 265 g/mol. The van der Waals surface area contributed by atoms with Gasteiger partial charge >= 0.3 is 0 Å². The van der Waals surface area contributed by atoms with Crippen molar-refractivity contribution >= 4 is 38.6 Å². The number of hydrogen-bond acceptors (Lipinski definition) is 3. The first kappa shape index (κ1) is 9.38. The van der Waals surface area contributed by atoms with Crippen LogP contribution in [0.3, 0.4) is 0 Å². The summed E-state index contributed by atoms with van der Waals surface area (Å²) in [6.07, 6.45) is 3.06. The van der Waals surface area contributed by atoms with Crippen molar-refractivity contribution in [3.63, 3.8) is 0 Å². The van der Waals surface area contributed by atoms with Crippen molar-refractivity contribution in [1.29, 1.82) is 5.26 Å². The van der Waals surface area contributed by atoms with E-state index in [2.05, 4.69) is 25.9 Å². The van der Waals surface area contributed by atoms with E-state index < -0.39 is 0 Å². The van der Waals surface area contributed by atoms with E-state index in [4.69, 9.17) is 16.9 Å². The summed E-state index contributed by atoms with van der Waals surface area (Å²) in [5.74, 6) is 0. The van der Waals surface area contributed by atoms with Gasteiger partial charge in [-0.2, -0.15) is 5.26 Å². The van der Waals surface area contributed by atoms with Gasteiger partial charge in [-0.05, 0) is 22.0 Å². The predicted octanol–water partition coefficient (Wildman–Crippen LogP) is 2.92. The average molecular weight is 269 g/mol. The minimum absolute atomic E-state index is 0.360. The molecule has 0 N–H and O–H groups in total. The molecule has 0 saturated carbocycles. The molecule has 0 saturated heterocycles. The molecule has 0 fully saturated rings. The molecule has 0 aromatic carbocycles. The van der Waals surface area contributed by atoms with Gasteiger partial charge in [0.1, 0.15) is 6.07 Å². The molecule has 0 amide bonds. The number of rotatable bonds is 0. The van der Waals surface area contributed by atoms with Crippen LogP contribution < -0.4 is 0 Å². The summed E-state index contributed by atoms with van der Waals surface area (Å²) in [6, 6.07) is 3.76. The summed E-state index contributed by atoms with van der Waals surface area (Å²) >= 11 is 9.27. The van der Waals surface area contributed by atoms with Gasteiger partial charge in [-0.1, -0.05) is 11.6 Å². The first-order valence-electron chi connectivity index (χ1n) is 3.72. The van der Waals surface area contributed by atoms with E-state index in [9.17, 15) is 0 Å². The topological polar surface area (TPSA) is 49.6 Å². The van der Waals surface area contributed by atoms with Gasteiger partial charge in [-0.3, -0.25) is 0 Å². The van der Waals surface area contributed by atoms with Crippen molar-refractivity contribution in [2.24, 2.45) is 0 Å². The number of halogens is 2. The van der Waals surface area contributed by atoms with E-state index in [1.54, 1.807) is 12.3 Å². The van der Waals surface area contributed by atoms with E-state index in [-0.39, 0.29) is 0 Å². The monoisotopic (exact) mass is 267 g/mol. The van der Waals surface area contributed by atoms with Gasteiger partial charge in [-0.15, -0.1) is 0 Å². The third-order valence-electron chi connectivity index (χ3n) is 1.74. The highest BCUT2D eigenvalue weighted by molar-refractivity contribution is 9.10. The minimum atomic E-state index is 0.360. The summed E-state index contributed by atoms with van der Waals surface area (Å²) < 4.78 is 0.809. The highest BCUT2D eigenvalue weighted by Crippen LogP contribution is 2.26. The van der Waals surface area contributed by atoms with Gasteiger partial charge in [0, 0.05) is 22.3 Å². The Morgan fingerprint density at radius 1 is 1.36 bits per heavy atom. The maximum atomic E-state index is 8.74. The number of nitrogens with zero attached hydrogens (tertiary/aromatic N) is 3. The molecule has 5 heteroatoms. The number of aromatic nitrogens is 2. The number of hydrogen-bond donors (Lipinski definition) is 0. The molecule has 0 aliphatic heterocycles. The van der Waals surface area contributed by atoms with Crippen LogP contribution >= 0.6 is 27.5 Å². The van der Waals surface area contributed by atoms with Crippen LogP contribution in [-0.2, 0) is 0 Å². The van der Waals surface area contributed by atoms with Gasteiger partial charge in [0.2, 0.25) is 0 Å². The zero-order valence-electron chi connectivity index (χ0n) is 6.83. The zero-order chi connectivity index (χ0) is 10.1. The first-order chi connectivity index (χ1) is 6.72. The normalized spacial score (nSPS) is 10.1. The van der Waals surface area contributed by atoms with Gasteiger partial charge in [0.05, 0.1) is 10.6 Å². The highest BCUT2D eigenvalue weighted by atomic mass is 79.9. The molecule has 0 bridgehead atoms. The second-order valence-corrected chi connectivity index (χ2v) is 3.92. The Morgan fingerprint density at radius 3 is 2.79 bits per heavy atom. The molecule has 0 aliphatic carbocycles. The van der Waals surface area contributed by atoms with Gasteiger partial charge in [0.15, 0.2) is 5.65 Å². The smallest absolute Gasteiger partial charge is 0.160 e. The third-order valence-corrected chi connectivity index (χ3v) is 2.58. The van der Waals surface area contributed by atoms with Crippen molar-refractivity contribution in [2.75, 3.05) is 0 Å². The number of nitriles is 1. The van der Waals surface area contributed by atoms with Crippen molar-refractivity contribution in [1.82, 2.24) is 9.97 Å². The molecule has 2 aromatic heterocycles. The molecule has 2 rings (SSSR count).